The number of hydrogen-bond acceptors (Lipinski definition) is 6. The number of benzene rings is 2. The predicted octanol–water partition coefficient (Wildman–Crippen LogP) is 4.15. The highest BCUT2D eigenvalue weighted by molar-refractivity contribution is 6.05. The van der Waals surface area contributed by atoms with Gasteiger partial charge >= 0.3 is 6.09 Å². The summed E-state index contributed by atoms with van der Waals surface area (Å²) in [6.07, 6.45) is 1.24. The van der Waals surface area contributed by atoms with E-state index in [0.717, 1.165) is 11.4 Å². The Morgan fingerprint density at radius 2 is 1.74 bits per heavy atom. The first-order valence-corrected chi connectivity index (χ1v) is 11.3. The second-order valence-corrected chi connectivity index (χ2v) is 8.49. The fourth-order valence-corrected chi connectivity index (χ4v) is 4.00. The summed E-state index contributed by atoms with van der Waals surface area (Å²) in [5.41, 5.74) is 8.37. The fourth-order valence-electron chi connectivity index (χ4n) is 4.00. The van der Waals surface area contributed by atoms with Gasteiger partial charge in [-0.25, -0.2) is 9.78 Å². The third-order valence-electron chi connectivity index (χ3n) is 5.94. The fraction of sp³-hybridized carbons (Fsp3) is 0.269. The standard InChI is InChI=1S/C26H29N5O3/c1-18-16-31(26(33)34-17-20-8-4-3-5-9-20)19(2)15-30(18)24-13-12-21(14-28-24)25(32)29-23-11-7-6-10-22(23)27/h3-14,18-19H,15-17,27H2,1-2H3,(H,29,32)/t18-,19+/m0/s1. The highest BCUT2D eigenvalue weighted by Crippen LogP contribution is 2.23. The molecule has 2 atom stereocenters. The molecule has 2 amide bonds. The third-order valence-corrected chi connectivity index (χ3v) is 5.94. The second-order valence-electron chi connectivity index (χ2n) is 8.49. The van der Waals surface area contributed by atoms with E-state index in [1.54, 1.807) is 29.3 Å². The van der Waals surface area contributed by atoms with Crippen molar-refractivity contribution in [3.63, 3.8) is 0 Å². The van der Waals surface area contributed by atoms with Crippen LogP contribution in [0.1, 0.15) is 29.8 Å². The number of nitrogens with one attached hydrogen (secondary N) is 1. The number of aromatic nitrogens is 1. The van der Waals surface area contributed by atoms with Gasteiger partial charge in [0.1, 0.15) is 12.4 Å². The molecule has 2 aromatic carbocycles. The van der Waals surface area contributed by atoms with Crippen molar-refractivity contribution in [3.8, 4) is 0 Å². The van der Waals surface area contributed by atoms with Crippen molar-refractivity contribution in [2.75, 3.05) is 29.0 Å². The molecule has 3 N–H and O–H groups in total. The molecule has 1 fully saturated rings. The van der Waals surface area contributed by atoms with Crippen LogP contribution in [0.3, 0.4) is 0 Å². The minimum Gasteiger partial charge on any atom is -0.445 e. The van der Waals surface area contributed by atoms with Gasteiger partial charge in [-0.2, -0.15) is 0 Å². The maximum absolute atomic E-state index is 12.7. The number of carbonyl (C=O) groups excluding carboxylic acids is 2. The van der Waals surface area contributed by atoms with Gasteiger partial charge in [-0.15, -0.1) is 0 Å². The number of ether oxygens (including phenoxy) is 1. The monoisotopic (exact) mass is 459 g/mol. The number of rotatable bonds is 5. The van der Waals surface area contributed by atoms with E-state index in [0.29, 0.717) is 30.0 Å². The lowest BCUT2D eigenvalue weighted by Crippen LogP contribution is -2.58. The summed E-state index contributed by atoms with van der Waals surface area (Å²) >= 11 is 0. The molecule has 4 rings (SSSR count). The number of amides is 2. The van der Waals surface area contributed by atoms with Gasteiger partial charge in [-0.1, -0.05) is 42.5 Å². The van der Waals surface area contributed by atoms with Crippen LogP contribution >= 0.6 is 0 Å². The van der Waals surface area contributed by atoms with E-state index < -0.39 is 0 Å². The Hall–Kier alpha value is -4.07. The molecule has 8 heteroatoms. The van der Waals surface area contributed by atoms with Gasteiger partial charge in [0.2, 0.25) is 0 Å². The molecule has 1 aromatic heterocycles. The molecule has 1 aliphatic heterocycles. The lowest BCUT2D eigenvalue weighted by molar-refractivity contribution is 0.0737. The maximum Gasteiger partial charge on any atom is 0.410 e. The zero-order valence-corrected chi connectivity index (χ0v) is 19.3. The molecule has 0 radical (unpaired) electrons. The summed E-state index contributed by atoms with van der Waals surface area (Å²) in [6.45, 7) is 5.42. The number of anilines is 3. The Morgan fingerprint density at radius 1 is 1.00 bits per heavy atom. The van der Waals surface area contributed by atoms with Gasteiger partial charge in [0.05, 0.1) is 16.9 Å². The van der Waals surface area contributed by atoms with Crippen LogP contribution in [0.25, 0.3) is 0 Å². The highest BCUT2D eigenvalue weighted by atomic mass is 16.6. The largest absolute Gasteiger partial charge is 0.445 e. The molecule has 8 nitrogen and oxygen atoms in total. The van der Waals surface area contributed by atoms with Gasteiger partial charge in [0, 0.05) is 31.4 Å². The number of nitrogens with two attached hydrogens (primary N) is 1. The van der Waals surface area contributed by atoms with Crippen LogP contribution < -0.4 is 16.0 Å². The van der Waals surface area contributed by atoms with Crippen LogP contribution in [0, 0.1) is 0 Å². The summed E-state index contributed by atoms with van der Waals surface area (Å²) in [7, 11) is 0. The highest BCUT2D eigenvalue weighted by Gasteiger charge is 2.33. The van der Waals surface area contributed by atoms with Crippen molar-refractivity contribution in [2.45, 2.75) is 32.5 Å². The van der Waals surface area contributed by atoms with E-state index in [9.17, 15) is 9.59 Å². The zero-order valence-electron chi connectivity index (χ0n) is 19.3. The van der Waals surface area contributed by atoms with Crippen LogP contribution in [0.15, 0.2) is 72.9 Å². The molecule has 0 spiro atoms. The number of pyridine rings is 1. The summed E-state index contributed by atoms with van der Waals surface area (Å²) in [6, 6.07) is 20.3. The van der Waals surface area contributed by atoms with E-state index in [4.69, 9.17) is 10.5 Å². The maximum atomic E-state index is 12.7. The molecule has 0 saturated carbocycles. The average molecular weight is 460 g/mol. The molecule has 1 aliphatic rings. The third kappa shape index (κ3) is 5.28. The Labute approximate surface area is 199 Å². The van der Waals surface area contributed by atoms with Crippen molar-refractivity contribution in [2.24, 2.45) is 0 Å². The first-order valence-electron chi connectivity index (χ1n) is 11.3. The van der Waals surface area contributed by atoms with Crippen molar-refractivity contribution >= 4 is 29.2 Å². The van der Waals surface area contributed by atoms with E-state index >= 15 is 0 Å². The number of carbonyl (C=O) groups is 2. The predicted molar refractivity (Wildman–Crippen MR) is 133 cm³/mol. The molecule has 34 heavy (non-hydrogen) atoms. The Balaban J connectivity index is 1.36. The molecule has 0 aliphatic carbocycles. The number of nitrogens with zero attached hydrogens (tertiary/aromatic N) is 3. The van der Waals surface area contributed by atoms with E-state index in [2.05, 4.69) is 15.2 Å². The lowest BCUT2D eigenvalue weighted by Gasteiger charge is -2.44. The van der Waals surface area contributed by atoms with Gasteiger partial charge in [-0.05, 0) is 43.7 Å². The molecule has 3 aromatic rings. The topological polar surface area (TPSA) is 101 Å². The van der Waals surface area contributed by atoms with Crippen LogP contribution in [0.5, 0.6) is 0 Å². The Kier molecular flexibility index (Phi) is 6.96. The quantitative estimate of drug-likeness (QED) is 0.556. The smallest absolute Gasteiger partial charge is 0.410 e. The summed E-state index contributed by atoms with van der Waals surface area (Å²) in [5.74, 6) is 0.483. The van der Waals surface area contributed by atoms with Crippen molar-refractivity contribution in [3.05, 3.63) is 84.1 Å². The lowest BCUT2D eigenvalue weighted by atomic mass is 10.1. The molecule has 0 unspecified atom stereocenters. The SMILES string of the molecule is C[C@@H]1CN(c2ccc(C(=O)Nc3ccccc3N)cn2)[C@@H](C)CN1C(=O)OCc1ccccc1. The summed E-state index contributed by atoms with van der Waals surface area (Å²) < 4.78 is 5.53. The number of nitrogen functional groups attached to an aromatic ring is 1. The Morgan fingerprint density at radius 3 is 2.44 bits per heavy atom. The van der Waals surface area contributed by atoms with Crippen LogP contribution in [-0.4, -0.2) is 47.1 Å². The van der Waals surface area contributed by atoms with Crippen molar-refractivity contribution in [1.82, 2.24) is 9.88 Å². The molecule has 0 bridgehead atoms. The number of hydrogen-bond donors (Lipinski definition) is 2. The summed E-state index contributed by atoms with van der Waals surface area (Å²) in [5, 5.41) is 2.81. The average Bonchev–Trinajstić information content (AvgIpc) is 2.86. The molecule has 2 heterocycles. The van der Waals surface area contributed by atoms with Crippen molar-refractivity contribution in [1.29, 1.82) is 0 Å². The molecular weight excluding hydrogens is 430 g/mol. The first-order chi connectivity index (χ1) is 16.4. The van der Waals surface area contributed by atoms with Crippen LogP contribution in [0.2, 0.25) is 0 Å². The number of piperazine rings is 1. The van der Waals surface area contributed by atoms with Crippen LogP contribution in [-0.2, 0) is 11.3 Å². The van der Waals surface area contributed by atoms with E-state index in [1.165, 1.54) is 0 Å². The van der Waals surface area contributed by atoms with Gasteiger partial charge in [0.15, 0.2) is 0 Å². The second kappa shape index (κ2) is 10.2. The zero-order chi connectivity index (χ0) is 24.1. The summed E-state index contributed by atoms with van der Waals surface area (Å²) in [4.78, 5) is 33.7. The van der Waals surface area contributed by atoms with Crippen molar-refractivity contribution < 1.29 is 14.3 Å². The van der Waals surface area contributed by atoms with Crippen LogP contribution in [0.4, 0.5) is 22.0 Å². The number of para-hydroxylation sites is 2. The van der Waals surface area contributed by atoms with Gasteiger partial charge in [0.25, 0.3) is 5.91 Å². The molecular formula is C26H29N5O3. The van der Waals surface area contributed by atoms with E-state index in [1.807, 2.05) is 62.4 Å². The Bertz CT molecular complexity index is 1140. The molecule has 1 saturated heterocycles. The minimum atomic E-state index is -0.317. The minimum absolute atomic E-state index is 0.0387. The van der Waals surface area contributed by atoms with Gasteiger partial charge < -0.3 is 25.6 Å². The van der Waals surface area contributed by atoms with E-state index in [-0.39, 0.29) is 30.7 Å². The normalized spacial score (nSPS) is 17.8. The molecule has 176 valence electrons. The van der Waals surface area contributed by atoms with Gasteiger partial charge in [-0.3, -0.25) is 4.79 Å². The first kappa shape index (κ1) is 23.1.